The number of hydrogen-bond acceptors (Lipinski definition) is 5. The van der Waals surface area contributed by atoms with Crippen LogP contribution < -0.4 is 9.47 Å². The number of Topliss-reactive ketones (excluding diaryl/α,β-unsaturated/α-hetero) is 1. The number of aryl methyl sites for hydroxylation is 1. The Bertz CT molecular complexity index is 1210. The fraction of sp³-hybridized carbons (Fsp3) is 0.485. The molecule has 1 fully saturated rings. The lowest BCUT2D eigenvalue weighted by molar-refractivity contribution is -0.121. The number of aromatic hydroxyl groups is 1. The minimum Gasteiger partial charge on any atom is -0.508 e. The van der Waals surface area contributed by atoms with Crippen LogP contribution in [0.25, 0.3) is 10.8 Å². The van der Waals surface area contributed by atoms with E-state index in [1.54, 1.807) is 19.2 Å². The lowest BCUT2D eigenvalue weighted by atomic mass is 9.76. The number of phenolic OH excluding ortho intramolecular Hbond substituents is 1. The number of carbonyl (C=O) groups excluding carboxylic acids is 1. The molecule has 0 amide bonds. The van der Waals surface area contributed by atoms with Gasteiger partial charge in [-0.2, -0.15) is 0 Å². The number of rotatable bonds is 14. The van der Waals surface area contributed by atoms with E-state index in [1.165, 1.54) is 44.9 Å². The minimum atomic E-state index is -0.543. The lowest BCUT2D eigenvalue weighted by Gasteiger charge is -2.31. The van der Waals surface area contributed by atoms with Gasteiger partial charge in [-0.05, 0) is 89.8 Å². The lowest BCUT2D eigenvalue weighted by Crippen LogP contribution is -2.26. The summed E-state index contributed by atoms with van der Waals surface area (Å²) in [6.07, 6.45) is 9.90. The molecule has 2 N–H and O–H groups in total. The predicted molar refractivity (Wildman–Crippen MR) is 152 cm³/mol. The highest BCUT2D eigenvalue weighted by Crippen LogP contribution is 2.46. The van der Waals surface area contributed by atoms with Gasteiger partial charge < -0.3 is 19.7 Å². The van der Waals surface area contributed by atoms with Crippen LogP contribution in [0.2, 0.25) is 0 Å². The topological polar surface area (TPSA) is 76.0 Å². The minimum absolute atomic E-state index is 0.113. The van der Waals surface area contributed by atoms with E-state index in [-0.39, 0.29) is 23.4 Å². The monoisotopic (exact) mass is 518 g/mol. The van der Waals surface area contributed by atoms with Gasteiger partial charge in [-0.25, -0.2) is 0 Å². The van der Waals surface area contributed by atoms with Crippen LogP contribution >= 0.6 is 0 Å². The van der Waals surface area contributed by atoms with Gasteiger partial charge in [0, 0.05) is 12.8 Å². The molecule has 0 heterocycles. The molecule has 3 aromatic rings. The molecular formula is C33H42O5. The Kier molecular flexibility index (Phi) is 9.68. The van der Waals surface area contributed by atoms with E-state index in [0.29, 0.717) is 30.9 Å². The number of aliphatic hydroxyl groups excluding tert-OH is 1. The molecule has 5 nitrogen and oxygen atoms in total. The van der Waals surface area contributed by atoms with Gasteiger partial charge in [-0.3, -0.25) is 4.79 Å². The van der Waals surface area contributed by atoms with Gasteiger partial charge in [0.2, 0.25) is 0 Å². The van der Waals surface area contributed by atoms with Gasteiger partial charge in [0.05, 0.1) is 13.2 Å². The van der Waals surface area contributed by atoms with E-state index in [9.17, 15) is 15.0 Å². The second-order valence-corrected chi connectivity index (χ2v) is 11.1. The Hall–Kier alpha value is -3.05. The van der Waals surface area contributed by atoms with Crippen LogP contribution in [-0.2, 0) is 17.8 Å². The molecule has 0 saturated heterocycles. The number of unbranched alkanes of at least 4 members (excludes halogenated alkanes) is 1. The first-order chi connectivity index (χ1) is 18.4. The number of phenols is 1. The zero-order valence-electron chi connectivity index (χ0n) is 22.9. The van der Waals surface area contributed by atoms with Crippen LogP contribution in [0.4, 0.5) is 0 Å². The number of ether oxygens (including phenoxy) is 2. The third-order valence-corrected chi connectivity index (χ3v) is 8.06. The summed E-state index contributed by atoms with van der Waals surface area (Å²) in [6.45, 7) is 2.59. The second kappa shape index (κ2) is 13.1. The number of benzene rings is 3. The standard InChI is InChI=1S/C33H42O5/c1-3-4-15-33(16-5-6-17-33)22-30(36)21-29(35)12-8-24-9-14-31(37-2)32(19-24)38-23-25-7-10-27-20-28(34)13-11-26(27)18-25/h7,9-11,13-14,18-20,30,34,36H,3-6,8,12,15-17,21-23H2,1-2H3/t30-/m1/s1. The van der Waals surface area contributed by atoms with Gasteiger partial charge >= 0.3 is 0 Å². The average Bonchev–Trinajstić information content (AvgIpc) is 3.37. The molecule has 1 aliphatic rings. The van der Waals surface area contributed by atoms with Crippen molar-refractivity contribution >= 4 is 16.6 Å². The molecule has 38 heavy (non-hydrogen) atoms. The maximum Gasteiger partial charge on any atom is 0.161 e. The van der Waals surface area contributed by atoms with Crippen molar-refractivity contribution < 1.29 is 24.5 Å². The Labute approximate surface area is 226 Å². The third-order valence-electron chi connectivity index (χ3n) is 8.06. The molecule has 0 radical (unpaired) electrons. The third kappa shape index (κ3) is 7.50. The van der Waals surface area contributed by atoms with Crippen LogP contribution in [0.5, 0.6) is 17.2 Å². The number of carbonyl (C=O) groups is 1. The van der Waals surface area contributed by atoms with E-state index in [4.69, 9.17) is 9.47 Å². The number of hydrogen-bond donors (Lipinski definition) is 2. The predicted octanol–water partition coefficient (Wildman–Crippen LogP) is 7.53. The van der Waals surface area contributed by atoms with E-state index in [2.05, 4.69) is 6.92 Å². The van der Waals surface area contributed by atoms with Crippen molar-refractivity contribution in [1.82, 2.24) is 0 Å². The van der Waals surface area contributed by atoms with Gasteiger partial charge in [0.15, 0.2) is 11.5 Å². The molecule has 0 aromatic heterocycles. The van der Waals surface area contributed by atoms with Gasteiger partial charge in [-0.1, -0.05) is 56.9 Å². The van der Waals surface area contributed by atoms with Gasteiger partial charge in [-0.15, -0.1) is 0 Å². The Morgan fingerprint density at radius 3 is 2.47 bits per heavy atom. The molecule has 204 valence electrons. The smallest absolute Gasteiger partial charge is 0.161 e. The number of methoxy groups -OCH3 is 1. The van der Waals surface area contributed by atoms with Crippen molar-refractivity contribution in [2.75, 3.05) is 7.11 Å². The normalized spacial score (nSPS) is 15.4. The first kappa shape index (κ1) is 28.0. The highest BCUT2D eigenvalue weighted by atomic mass is 16.5. The molecule has 3 aromatic carbocycles. The average molecular weight is 519 g/mol. The molecule has 1 saturated carbocycles. The van der Waals surface area contributed by atoms with Crippen LogP contribution in [0.1, 0.15) is 82.3 Å². The van der Waals surface area contributed by atoms with E-state index >= 15 is 0 Å². The van der Waals surface area contributed by atoms with Gasteiger partial charge in [0.1, 0.15) is 18.1 Å². The van der Waals surface area contributed by atoms with Crippen molar-refractivity contribution in [3.63, 3.8) is 0 Å². The molecule has 0 aliphatic heterocycles. The molecule has 0 unspecified atom stereocenters. The highest BCUT2D eigenvalue weighted by molar-refractivity contribution is 5.84. The van der Waals surface area contributed by atoms with E-state index < -0.39 is 6.10 Å². The van der Waals surface area contributed by atoms with Crippen molar-refractivity contribution in [2.24, 2.45) is 5.41 Å². The maximum atomic E-state index is 12.7. The zero-order chi connectivity index (χ0) is 27.0. The summed E-state index contributed by atoms with van der Waals surface area (Å²) < 4.78 is 11.6. The molecule has 0 bridgehead atoms. The number of fused-ring (bicyclic) bond motifs is 1. The number of aliphatic hydroxyl groups is 1. The van der Waals surface area contributed by atoms with Crippen LogP contribution in [0.3, 0.4) is 0 Å². The summed E-state index contributed by atoms with van der Waals surface area (Å²) in [4.78, 5) is 12.7. The first-order valence-electron chi connectivity index (χ1n) is 14.1. The van der Waals surface area contributed by atoms with Crippen molar-refractivity contribution in [2.45, 2.75) is 90.3 Å². The van der Waals surface area contributed by atoms with Crippen LogP contribution in [0, 0.1) is 5.41 Å². The molecule has 1 atom stereocenters. The van der Waals surface area contributed by atoms with Crippen molar-refractivity contribution in [1.29, 1.82) is 0 Å². The molecule has 4 rings (SSSR count). The van der Waals surface area contributed by atoms with Gasteiger partial charge in [0.25, 0.3) is 0 Å². The van der Waals surface area contributed by atoms with Crippen LogP contribution in [-0.4, -0.2) is 29.2 Å². The molecule has 0 spiro atoms. The van der Waals surface area contributed by atoms with Crippen molar-refractivity contribution in [3.05, 3.63) is 65.7 Å². The molecule has 5 heteroatoms. The fourth-order valence-electron chi connectivity index (χ4n) is 5.98. The summed E-state index contributed by atoms with van der Waals surface area (Å²) in [5, 5.41) is 22.4. The Morgan fingerprint density at radius 1 is 0.974 bits per heavy atom. The van der Waals surface area contributed by atoms with Crippen LogP contribution in [0.15, 0.2) is 54.6 Å². The summed E-state index contributed by atoms with van der Waals surface area (Å²) in [5.41, 5.74) is 2.26. The largest absolute Gasteiger partial charge is 0.508 e. The van der Waals surface area contributed by atoms with Crippen molar-refractivity contribution in [3.8, 4) is 17.2 Å². The quantitative estimate of drug-likeness (QED) is 0.231. The molecular weight excluding hydrogens is 476 g/mol. The SMILES string of the molecule is CCCCC1(C[C@H](O)CC(=O)CCc2ccc(OC)c(OCc3ccc4cc(O)ccc4c3)c2)CCCC1. The van der Waals surface area contributed by atoms with E-state index in [1.807, 2.05) is 42.5 Å². The Morgan fingerprint density at radius 2 is 1.71 bits per heavy atom. The zero-order valence-corrected chi connectivity index (χ0v) is 22.9. The maximum absolute atomic E-state index is 12.7. The summed E-state index contributed by atoms with van der Waals surface area (Å²) >= 11 is 0. The first-order valence-corrected chi connectivity index (χ1v) is 14.1. The summed E-state index contributed by atoms with van der Waals surface area (Å²) in [5.74, 6) is 1.65. The highest BCUT2D eigenvalue weighted by Gasteiger charge is 2.35. The fourth-order valence-corrected chi connectivity index (χ4v) is 5.98. The second-order valence-electron chi connectivity index (χ2n) is 11.1. The number of ketones is 1. The molecule has 1 aliphatic carbocycles. The summed E-state index contributed by atoms with van der Waals surface area (Å²) in [7, 11) is 1.62. The summed E-state index contributed by atoms with van der Waals surface area (Å²) in [6, 6.07) is 17.1. The van der Waals surface area contributed by atoms with E-state index in [0.717, 1.165) is 28.3 Å². The Balaban J connectivity index is 1.31.